The molecule has 0 aliphatic carbocycles. The van der Waals surface area contributed by atoms with Gasteiger partial charge in [0, 0.05) is 17.6 Å². The summed E-state index contributed by atoms with van der Waals surface area (Å²) in [7, 11) is 0. The number of aryl methyl sites for hydroxylation is 1. The Labute approximate surface area is 81.2 Å². The van der Waals surface area contributed by atoms with Crippen LogP contribution in [-0.2, 0) is 0 Å². The van der Waals surface area contributed by atoms with Crippen molar-refractivity contribution in [2.24, 2.45) is 0 Å². The first-order chi connectivity index (χ1) is 6.70. The van der Waals surface area contributed by atoms with Crippen LogP contribution in [0.4, 0.5) is 0 Å². The molecule has 0 fully saturated rings. The summed E-state index contributed by atoms with van der Waals surface area (Å²) in [5.41, 5.74) is 2.48. The fourth-order valence-electron chi connectivity index (χ4n) is 1.42. The van der Waals surface area contributed by atoms with E-state index < -0.39 is 0 Å². The lowest BCUT2D eigenvalue weighted by Gasteiger charge is -2.02. The third-order valence-electron chi connectivity index (χ3n) is 2.28. The van der Waals surface area contributed by atoms with Crippen molar-refractivity contribution in [2.75, 3.05) is 0 Å². The Bertz CT molecular complexity index is 496. The van der Waals surface area contributed by atoms with Crippen molar-refractivity contribution in [1.29, 1.82) is 0 Å². The average molecular weight is 189 g/mol. The molecule has 0 bridgehead atoms. The van der Waals surface area contributed by atoms with Crippen LogP contribution in [0.5, 0.6) is 0 Å². The van der Waals surface area contributed by atoms with Gasteiger partial charge in [-0.15, -0.1) is 0 Å². The van der Waals surface area contributed by atoms with E-state index >= 15 is 0 Å². The van der Waals surface area contributed by atoms with Gasteiger partial charge in [-0.05, 0) is 26.0 Å². The summed E-state index contributed by atoms with van der Waals surface area (Å²) in [5, 5.41) is 0. The summed E-state index contributed by atoms with van der Waals surface area (Å²) in [4.78, 5) is 18.3. The Morgan fingerprint density at radius 3 is 2.71 bits per heavy atom. The van der Waals surface area contributed by atoms with E-state index in [0.29, 0.717) is 0 Å². The Morgan fingerprint density at radius 1 is 1.43 bits per heavy atom. The molecule has 0 saturated heterocycles. The van der Waals surface area contributed by atoms with Gasteiger partial charge in [-0.3, -0.25) is 9.55 Å². The number of nitrogens with zero attached hydrogens (tertiary/aromatic N) is 2. The lowest BCUT2D eigenvalue weighted by Crippen LogP contribution is -2.15. The van der Waals surface area contributed by atoms with Gasteiger partial charge in [0.2, 0.25) is 0 Å². The van der Waals surface area contributed by atoms with E-state index in [4.69, 9.17) is 0 Å². The van der Waals surface area contributed by atoms with Gasteiger partial charge in [-0.1, -0.05) is 0 Å². The molecule has 0 aromatic carbocycles. The van der Waals surface area contributed by atoms with Crippen molar-refractivity contribution in [3.63, 3.8) is 0 Å². The molecule has 2 aromatic rings. The lowest BCUT2D eigenvalue weighted by atomic mass is 10.3. The third-order valence-corrected chi connectivity index (χ3v) is 2.28. The summed E-state index contributed by atoms with van der Waals surface area (Å²) < 4.78 is 1.61. The highest BCUT2D eigenvalue weighted by Crippen LogP contribution is 2.08. The normalized spacial score (nSPS) is 10.4. The van der Waals surface area contributed by atoms with Crippen LogP contribution in [0.3, 0.4) is 0 Å². The second-order valence-corrected chi connectivity index (χ2v) is 3.19. The number of pyridine rings is 1. The second kappa shape index (κ2) is 3.14. The lowest BCUT2D eigenvalue weighted by molar-refractivity contribution is 0.940. The number of H-pyrrole nitrogens is 1. The van der Waals surface area contributed by atoms with Crippen LogP contribution in [0, 0.1) is 13.8 Å². The number of hydrogen-bond donors (Lipinski definition) is 1. The van der Waals surface area contributed by atoms with Crippen LogP contribution in [0.1, 0.15) is 11.4 Å². The Morgan fingerprint density at radius 2 is 2.21 bits per heavy atom. The average Bonchev–Trinajstić information content (AvgIpc) is 2.43. The molecule has 2 heterocycles. The fourth-order valence-corrected chi connectivity index (χ4v) is 1.42. The molecule has 0 atom stereocenters. The number of aromatic amines is 1. The molecule has 4 nitrogen and oxygen atoms in total. The molecule has 14 heavy (non-hydrogen) atoms. The molecule has 4 heteroatoms. The first-order valence-electron chi connectivity index (χ1n) is 4.39. The Balaban J connectivity index is 2.69. The number of aromatic nitrogens is 3. The zero-order chi connectivity index (χ0) is 10.1. The van der Waals surface area contributed by atoms with Crippen molar-refractivity contribution in [3.8, 4) is 5.69 Å². The molecular formula is C10H11N3O. The van der Waals surface area contributed by atoms with E-state index in [0.717, 1.165) is 17.1 Å². The van der Waals surface area contributed by atoms with Crippen LogP contribution in [0.25, 0.3) is 5.69 Å². The molecule has 0 unspecified atom stereocenters. The van der Waals surface area contributed by atoms with Gasteiger partial charge >= 0.3 is 5.69 Å². The number of hydrogen-bond acceptors (Lipinski definition) is 2. The minimum atomic E-state index is -0.118. The highest BCUT2D eigenvalue weighted by atomic mass is 16.1. The van der Waals surface area contributed by atoms with E-state index in [1.54, 1.807) is 17.0 Å². The largest absolute Gasteiger partial charge is 0.330 e. The Kier molecular flexibility index (Phi) is 1.96. The van der Waals surface area contributed by atoms with Crippen molar-refractivity contribution in [3.05, 3.63) is 46.4 Å². The molecule has 72 valence electrons. The fraction of sp³-hybridized carbons (Fsp3) is 0.200. The van der Waals surface area contributed by atoms with Crippen molar-refractivity contribution in [2.45, 2.75) is 13.8 Å². The van der Waals surface area contributed by atoms with E-state index in [-0.39, 0.29) is 5.69 Å². The second-order valence-electron chi connectivity index (χ2n) is 3.19. The maximum atomic E-state index is 11.5. The standard InChI is InChI=1S/C10H11N3O/c1-7-8(2)13(10(14)12-7)9-4-3-5-11-6-9/h3-6H,1-2H3,(H,12,14). The van der Waals surface area contributed by atoms with Crippen LogP contribution in [-0.4, -0.2) is 14.5 Å². The van der Waals surface area contributed by atoms with Gasteiger partial charge in [0.25, 0.3) is 0 Å². The molecule has 1 N–H and O–H groups in total. The molecule has 0 aliphatic rings. The molecule has 0 spiro atoms. The molecule has 0 aliphatic heterocycles. The number of rotatable bonds is 1. The zero-order valence-electron chi connectivity index (χ0n) is 8.11. The highest BCUT2D eigenvalue weighted by molar-refractivity contribution is 5.31. The zero-order valence-corrected chi connectivity index (χ0v) is 8.11. The van der Waals surface area contributed by atoms with E-state index in [1.165, 1.54) is 0 Å². The monoisotopic (exact) mass is 189 g/mol. The van der Waals surface area contributed by atoms with Crippen molar-refractivity contribution >= 4 is 0 Å². The molecular weight excluding hydrogens is 178 g/mol. The smallest absolute Gasteiger partial charge is 0.310 e. The van der Waals surface area contributed by atoms with Gasteiger partial charge in [0.15, 0.2) is 0 Å². The predicted molar refractivity (Wildman–Crippen MR) is 53.7 cm³/mol. The summed E-state index contributed by atoms with van der Waals surface area (Å²) in [5.74, 6) is 0. The van der Waals surface area contributed by atoms with Crippen LogP contribution in [0.2, 0.25) is 0 Å². The van der Waals surface area contributed by atoms with E-state index in [2.05, 4.69) is 9.97 Å². The summed E-state index contributed by atoms with van der Waals surface area (Å²) in [6, 6.07) is 3.66. The van der Waals surface area contributed by atoms with Gasteiger partial charge < -0.3 is 4.98 Å². The van der Waals surface area contributed by atoms with Gasteiger partial charge in [0.05, 0.1) is 11.9 Å². The van der Waals surface area contributed by atoms with Crippen LogP contribution < -0.4 is 5.69 Å². The van der Waals surface area contributed by atoms with Crippen molar-refractivity contribution in [1.82, 2.24) is 14.5 Å². The molecule has 2 rings (SSSR count). The highest BCUT2D eigenvalue weighted by Gasteiger charge is 2.07. The Hall–Kier alpha value is -1.84. The van der Waals surface area contributed by atoms with Crippen molar-refractivity contribution < 1.29 is 0 Å². The van der Waals surface area contributed by atoms with Gasteiger partial charge in [-0.2, -0.15) is 0 Å². The number of nitrogens with one attached hydrogen (secondary N) is 1. The first kappa shape index (κ1) is 8.74. The first-order valence-corrected chi connectivity index (χ1v) is 4.39. The SMILES string of the molecule is Cc1[nH]c(=O)n(-c2cccnc2)c1C. The maximum absolute atomic E-state index is 11.5. The van der Waals surface area contributed by atoms with Gasteiger partial charge in [0.1, 0.15) is 0 Å². The quantitative estimate of drug-likeness (QED) is 0.732. The van der Waals surface area contributed by atoms with Crippen LogP contribution in [0.15, 0.2) is 29.3 Å². The van der Waals surface area contributed by atoms with E-state index in [1.807, 2.05) is 26.0 Å². The molecule has 0 radical (unpaired) electrons. The summed E-state index contributed by atoms with van der Waals surface area (Å²) in [6.07, 6.45) is 3.35. The van der Waals surface area contributed by atoms with Gasteiger partial charge in [-0.25, -0.2) is 4.79 Å². The summed E-state index contributed by atoms with van der Waals surface area (Å²) in [6.45, 7) is 3.78. The summed E-state index contributed by atoms with van der Waals surface area (Å²) >= 11 is 0. The predicted octanol–water partition coefficient (Wildman–Crippen LogP) is 1.18. The van der Waals surface area contributed by atoms with Crippen LogP contribution >= 0.6 is 0 Å². The maximum Gasteiger partial charge on any atom is 0.330 e. The van der Waals surface area contributed by atoms with E-state index in [9.17, 15) is 4.79 Å². The molecule has 2 aromatic heterocycles. The molecule has 0 saturated carbocycles. The topological polar surface area (TPSA) is 50.7 Å². The number of imidazole rings is 1. The third kappa shape index (κ3) is 1.25. The minimum absolute atomic E-state index is 0.118. The minimum Gasteiger partial charge on any atom is -0.310 e. The molecule has 0 amide bonds.